The van der Waals surface area contributed by atoms with Gasteiger partial charge in [-0.05, 0) is 56.3 Å². The largest absolute Gasteiger partial charge is 0.396 e. The summed E-state index contributed by atoms with van der Waals surface area (Å²) >= 11 is 0. The Kier molecular flexibility index (Phi) is 3.72. The normalized spacial score (nSPS) is 42.9. The molecule has 0 bridgehead atoms. The smallest absolute Gasteiger partial charge is 0.0474 e. The highest BCUT2D eigenvalue weighted by molar-refractivity contribution is 4.91. The summed E-state index contributed by atoms with van der Waals surface area (Å²) < 4.78 is 0. The third kappa shape index (κ3) is 2.85. The molecule has 0 aromatic carbocycles. The lowest BCUT2D eigenvalue weighted by Gasteiger charge is -2.33. The van der Waals surface area contributed by atoms with Gasteiger partial charge in [0.15, 0.2) is 0 Å². The topological polar surface area (TPSA) is 32.3 Å². The van der Waals surface area contributed by atoms with E-state index < -0.39 is 0 Å². The Morgan fingerprint density at radius 2 is 1.71 bits per heavy atom. The third-order valence-corrected chi connectivity index (χ3v) is 5.35. The van der Waals surface area contributed by atoms with E-state index in [1.807, 2.05) is 0 Å². The summed E-state index contributed by atoms with van der Waals surface area (Å²) in [7, 11) is 0. The van der Waals surface area contributed by atoms with E-state index in [-0.39, 0.29) is 0 Å². The Morgan fingerprint density at radius 1 is 0.882 bits per heavy atom. The molecule has 0 spiro atoms. The fraction of sp³-hybridized carbons (Fsp3) is 1.00. The molecule has 4 unspecified atom stereocenters. The maximum Gasteiger partial charge on any atom is 0.0474 e. The van der Waals surface area contributed by atoms with Crippen molar-refractivity contribution >= 4 is 0 Å². The molecule has 0 aromatic rings. The number of aliphatic hydroxyl groups excluding tert-OH is 1. The summed E-state index contributed by atoms with van der Waals surface area (Å²) in [4.78, 5) is 0. The molecule has 3 aliphatic carbocycles. The molecule has 2 N–H and O–H groups in total. The molecule has 0 heterocycles. The minimum Gasteiger partial charge on any atom is -0.396 e. The highest BCUT2D eigenvalue weighted by Gasteiger charge is 2.36. The van der Waals surface area contributed by atoms with Crippen LogP contribution in [0.25, 0.3) is 0 Å². The van der Waals surface area contributed by atoms with Crippen molar-refractivity contribution in [3.8, 4) is 0 Å². The summed E-state index contributed by atoms with van der Waals surface area (Å²) in [6.45, 7) is 0.385. The lowest BCUT2D eigenvalue weighted by molar-refractivity contribution is 0.181. The van der Waals surface area contributed by atoms with Gasteiger partial charge in [0, 0.05) is 18.7 Å². The number of nitrogens with one attached hydrogen (secondary N) is 1. The van der Waals surface area contributed by atoms with E-state index >= 15 is 0 Å². The van der Waals surface area contributed by atoms with Gasteiger partial charge in [0.25, 0.3) is 0 Å². The molecule has 2 nitrogen and oxygen atoms in total. The fourth-order valence-corrected chi connectivity index (χ4v) is 4.15. The van der Waals surface area contributed by atoms with Crippen molar-refractivity contribution in [3.63, 3.8) is 0 Å². The van der Waals surface area contributed by atoms with Gasteiger partial charge in [0.2, 0.25) is 0 Å². The maximum absolute atomic E-state index is 9.38. The van der Waals surface area contributed by atoms with Crippen LogP contribution >= 0.6 is 0 Å². The van der Waals surface area contributed by atoms with Crippen LogP contribution in [0.2, 0.25) is 0 Å². The van der Waals surface area contributed by atoms with Gasteiger partial charge in [-0.25, -0.2) is 0 Å². The molecule has 0 aromatic heterocycles. The zero-order valence-corrected chi connectivity index (χ0v) is 10.9. The van der Waals surface area contributed by atoms with Gasteiger partial charge in [-0.15, -0.1) is 0 Å². The lowest BCUT2D eigenvalue weighted by atomic mass is 9.82. The second kappa shape index (κ2) is 5.27. The summed E-state index contributed by atoms with van der Waals surface area (Å²) in [6.07, 6.45) is 12.5. The minimum absolute atomic E-state index is 0.385. The SMILES string of the molecule is OCC1CCCC1NC1CCCC(C2CC2)C1. The molecule has 3 saturated carbocycles. The Bertz CT molecular complexity index is 251. The highest BCUT2D eigenvalue weighted by atomic mass is 16.3. The number of rotatable bonds is 4. The molecular weight excluding hydrogens is 210 g/mol. The summed E-state index contributed by atoms with van der Waals surface area (Å²) in [5, 5.41) is 13.2. The van der Waals surface area contributed by atoms with E-state index in [1.54, 1.807) is 0 Å². The van der Waals surface area contributed by atoms with Crippen LogP contribution in [0.5, 0.6) is 0 Å². The van der Waals surface area contributed by atoms with Gasteiger partial charge in [0.1, 0.15) is 0 Å². The van der Waals surface area contributed by atoms with E-state index in [0.29, 0.717) is 18.6 Å². The first-order valence-electron chi connectivity index (χ1n) is 7.73. The Morgan fingerprint density at radius 3 is 2.47 bits per heavy atom. The molecule has 4 atom stereocenters. The molecule has 0 radical (unpaired) electrons. The van der Waals surface area contributed by atoms with Crippen LogP contribution in [-0.4, -0.2) is 23.8 Å². The zero-order chi connectivity index (χ0) is 11.7. The van der Waals surface area contributed by atoms with E-state index in [9.17, 15) is 5.11 Å². The molecule has 2 heteroatoms. The molecule has 3 rings (SSSR count). The first-order chi connectivity index (χ1) is 8.36. The summed E-state index contributed by atoms with van der Waals surface area (Å²) in [5.41, 5.74) is 0. The second-order valence-electron chi connectivity index (χ2n) is 6.61. The van der Waals surface area contributed by atoms with Crippen LogP contribution in [0, 0.1) is 17.8 Å². The van der Waals surface area contributed by atoms with Gasteiger partial charge in [-0.1, -0.05) is 19.3 Å². The van der Waals surface area contributed by atoms with Gasteiger partial charge in [-0.3, -0.25) is 0 Å². The molecule has 17 heavy (non-hydrogen) atoms. The Labute approximate surface area is 105 Å². The number of hydrogen-bond donors (Lipinski definition) is 2. The van der Waals surface area contributed by atoms with Gasteiger partial charge in [-0.2, -0.15) is 0 Å². The van der Waals surface area contributed by atoms with E-state index in [2.05, 4.69) is 5.32 Å². The lowest BCUT2D eigenvalue weighted by Crippen LogP contribution is -2.43. The third-order valence-electron chi connectivity index (χ3n) is 5.35. The summed E-state index contributed by atoms with van der Waals surface area (Å²) in [5.74, 6) is 2.64. The molecule has 3 fully saturated rings. The van der Waals surface area contributed by atoms with Crippen LogP contribution in [0.4, 0.5) is 0 Å². The Hall–Kier alpha value is -0.0800. The van der Waals surface area contributed by atoms with Crippen molar-refractivity contribution in [2.45, 2.75) is 69.9 Å². The quantitative estimate of drug-likeness (QED) is 0.788. The molecule has 3 aliphatic rings. The average Bonchev–Trinajstić information content (AvgIpc) is 3.11. The van der Waals surface area contributed by atoms with Gasteiger partial charge in [0.05, 0.1) is 0 Å². The van der Waals surface area contributed by atoms with Crippen LogP contribution < -0.4 is 5.32 Å². The van der Waals surface area contributed by atoms with Crippen molar-refractivity contribution in [3.05, 3.63) is 0 Å². The first kappa shape index (κ1) is 12.0. The standard InChI is InChI=1S/C15H27NO/c17-10-13-4-2-6-15(13)16-14-5-1-3-12(9-14)11-7-8-11/h11-17H,1-10H2. The van der Waals surface area contributed by atoms with Crippen molar-refractivity contribution in [2.24, 2.45) is 17.8 Å². The predicted molar refractivity (Wildman–Crippen MR) is 69.8 cm³/mol. The molecule has 0 amide bonds. The zero-order valence-electron chi connectivity index (χ0n) is 10.9. The molecule has 98 valence electrons. The second-order valence-corrected chi connectivity index (χ2v) is 6.61. The maximum atomic E-state index is 9.38. The van der Waals surface area contributed by atoms with Crippen molar-refractivity contribution in [2.75, 3.05) is 6.61 Å². The van der Waals surface area contributed by atoms with Crippen LogP contribution in [0.1, 0.15) is 57.8 Å². The van der Waals surface area contributed by atoms with Crippen LogP contribution in [0.15, 0.2) is 0 Å². The molecule has 0 aliphatic heterocycles. The monoisotopic (exact) mass is 237 g/mol. The van der Waals surface area contributed by atoms with Crippen molar-refractivity contribution < 1.29 is 5.11 Å². The first-order valence-corrected chi connectivity index (χ1v) is 7.73. The van der Waals surface area contributed by atoms with Crippen molar-refractivity contribution in [1.29, 1.82) is 0 Å². The van der Waals surface area contributed by atoms with Gasteiger partial charge >= 0.3 is 0 Å². The molecule has 0 saturated heterocycles. The summed E-state index contributed by atoms with van der Waals surface area (Å²) in [6, 6.07) is 1.37. The van der Waals surface area contributed by atoms with Crippen molar-refractivity contribution in [1.82, 2.24) is 5.32 Å². The van der Waals surface area contributed by atoms with E-state index in [0.717, 1.165) is 17.9 Å². The molecular formula is C15H27NO. The van der Waals surface area contributed by atoms with Crippen LogP contribution in [0.3, 0.4) is 0 Å². The van der Waals surface area contributed by atoms with Crippen LogP contribution in [-0.2, 0) is 0 Å². The number of aliphatic hydroxyl groups is 1. The van der Waals surface area contributed by atoms with E-state index in [1.165, 1.54) is 57.8 Å². The van der Waals surface area contributed by atoms with Gasteiger partial charge < -0.3 is 10.4 Å². The predicted octanol–water partition coefficient (Wildman–Crippen LogP) is 2.71. The fourth-order valence-electron chi connectivity index (χ4n) is 4.15. The van der Waals surface area contributed by atoms with E-state index in [4.69, 9.17) is 0 Å². The number of hydrogen-bond acceptors (Lipinski definition) is 2. The average molecular weight is 237 g/mol. The minimum atomic E-state index is 0.385. The highest BCUT2D eigenvalue weighted by Crippen LogP contribution is 2.44. The Balaban J connectivity index is 1.50.